The van der Waals surface area contributed by atoms with Crippen LogP contribution in [0, 0.1) is 0 Å². The minimum atomic E-state index is -0.719. The highest BCUT2D eigenvalue weighted by Gasteiger charge is 2.48. The predicted molar refractivity (Wildman–Crippen MR) is 99.4 cm³/mol. The van der Waals surface area contributed by atoms with Crippen molar-refractivity contribution in [2.75, 3.05) is 27.3 Å². The largest absolute Gasteiger partial charge is 0.493 e. The number of H-pyrrole nitrogens is 1. The van der Waals surface area contributed by atoms with E-state index in [1.54, 1.807) is 25.1 Å². The zero-order valence-electron chi connectivity index (χ0n) is 15.3. The van der Waals surface area contributed by atoms with Crippen molar-refractivity contribution in [3.8, 4) is 5.88 Å². The summed E-state index contributed by atoms with van der Waals surface area (Å²) in [4.78, 5) is 34.5. The topological polar surface area (TPSA) is 135 Å². The quantitative estimate of drug-likeness (QED) is 0.679. The number of aliphatic imine (C=N–C) groups is 1. The van der Waals surface area contributed by atoms with Gasteiger partial charge in [0.1, 0.15) is 0 Å². The van der Waals surface area contributed by atoms with Gasteiger partial charge >= 0.3 is 6.03 Å². The number of fused-ring (bicyclic) bond motifs is 2. The van der Waals surface area contributed by atoms with Crippen molar-refractivity contribution in [2.24, 2.45) is 15.2 Å². The summed E-state index contributed by atoms with van der Waals surface area (Å²) < 4.78 is 5.12. The van der Waals surface area contributed by atoms with E-state index in [2.05, 4.69) is 25.5 Å². The number of carbonyl (C=O) groups excluding carboxylic acids is 2. The zero-order chi connectivity index (χ0) is 19.8. The number of aromatic hydroxyl groups is 1. The summed E-state index contributed by atoms with van der Waals surface area (Å²) in [5.74, 6) is -0.379. The fourth-order valence-electron chi connectivity index (χ4n) is 3.33. The molecule has 0 radical (unpaired) electrons. The Balaban J connectivity index is 1.69. The number of aromatic nitrogens is 1. The summed E-state index contributed by atoms with van der Waals surface area (Å²) in [6.45, 7) is 0.672. The molecule has 0 spiro atoms. The summed E-state index contributed by atoms with van der Waals surface area (Å²) in [6.07, 6.45) is -0.705. The van der Waals surface area contributed by atoms with E-state index in [0.29, 0.717) is 18.5 Å². The Morgan fingerprint density at radius 1 is 1.29 bits per heavy atom. The average molecular weight is 385 g/mol. The van der Waals surface area contributed by atoms with Crippen molar-refractivity contribution in [2.45, 2.75) is 12.2 Å². The first kappa shape index (κ1) is 17.9. The number of likely N-dealkylation sites (N-methyl/N-ethyl adjacent to an activating group) is 1. The molecule has 3 heterocycles. The smallest absolute Gasteiger partial charge is 0.325 e. The van der Waals surface area contributed by atoms with Crippen molar-refractivity contribution < 1.29 is 19.4 Å². The highest BCUT2D eigenvalue weighted by molar-refractivity contribution is 6.04. The molecule has 3 N–H and O–H groups in total. The molecule has 1 aromatic heterocycles. The Morgan fingerprint density at radius 2 is 2.07 bits per heavy atom. The van der Waals surface area contributed by atoms with Crippen LogP contribution in [0.1, 0.15) is 0 Å². The lowest BCUT2D eigenvalue weighted by molar-refractivity contribution is -0.127. The Kier molecular flexibility index (Phi) is 4.43. The van der Waals surface area contributed by atoms with Gasteiger partial charge in [-0.1, -0.05) is 18.2 Å². The summed E-state index contributed by atoms with van der Waals surface area (Å²) in [5, 5.41) is 21.5. The van der Waals surface area contributed by atoms with Gasteiger partial charge in [0, 0.05) is 26.1 Å². The molecule has 11 nitrogen and oxygen atoms in total. The number of methoxy groups -OCH3 is 1. The van der Waals surface area contributed by atoms with Crippen LogP contribution in [-0.4, -0.2) is 77.3 Å². The third-order valence-corrected chi connectivity index (χ3v) is 4.77. The van der Waals surface area contributed by atoms with Crippen LogP contribution in [0.2, 0.25) is 0 Å². The minimum absolute atomic E-state index is 0.116. The molecule has 4 rings (SSSR count). The summed E-state index contributed by atoms with van der Waals surface area (Å²) >= 11 is 0. The predicted octanol–water partition coefficient (Wildman–Crippen LogP) is 1.15. The Labute approximate surface area is 159 Å². The van der Waals surface area contributed by atoms with Crippen molar-refractivity contribution in [1.29, 1.82) is 0 Å². The summed E-state index contributed by atoms with van der Waals surface area (Å²) in [5.41, 5.74) is 0.991. The molecule has 2 aromatic rings. The summed E-state index contributed by atoms with van der Waals surface area (Å²) in [7, 11) is 3.11. The second-order valence-electron chi connectivity index (χ2n) is 6.45. The van der Waals surface area contributed by atoms with Gasteiger partial charge in [-0.25, -0.2) is 9.79 Å². The number of hydrogen-bond acceptors (Lipinski definition) is 8. The van der Waals surface area contributed by atoms with Crippen LogP contribution in [0.4, 0.5) is 10.5 Å². The number of hydrogen-bond donors (Lipinski definition) is 3. The molecule has 1 fully saturated rings. The van der Waals surface area contributed by atoms with Gasteiger partial charge in [-0.05, 0) is 6.07 Å². The molecular weight excluding hydrogens is 366 g/mol. The number of guanidine groups is 1. The van der Waals surface area contributed by atoms with E-state index in [1.165, 1.54) is 4.90 Å². The number of nitrogens with one attached hydrogen (secondary N) is 2. The van der Waals surface area contributed by atoms with Gasteiger partial charge in [-0.3, -0.25) is 10.1 Å². The van der Waals surface area contributed by atoms with E-state index in [-0.39, 0.29) is 17.5 Å². The maximum atomic E-state index is 12.4. The Bertz CT molecular complexity index is 999. The third-order valence-electron chi connectivity index (χ3n) is 4.77. The number of amides is 3. The molecule has 2 aliphatic rings. The Hall–Kier alpha value is -3.47. The van der Waals surface area contributed by atoms with E-state index < -0.39 is 24.1 Å². The van der Waals surface area contributed by atoms with Gasteiger partial charge in [-0.15, -0.1) is 10.2 Å². The SMILES string of the molecule is COCCN1C(N=Nc2c(O)[nH]c3ccccc23)=NC2C1C(=O)NC(=O)N2C. The first-order valence-corrected chi connectivity index (χ1v) is 8.63. The lowest BCUT2D eigenvalue weighted by atomic mass is 10.1. The number of rotatable bonds is 4. The van der Waals surface area contributed by atoms with Crippen molar-refractivity contribution in [3.05, 3.63) is 24.3 Å². The maximum Gasteiger partial charge on any atom is 0.325 e. The zero-order valence-corrected chi connectivity index (χ0v) is 15.3. The lowest BCUT2D eigenvalue weighted by Gasteiger charge is -2.35. The van der Waals surface area contributed by atoms with Gasteiger partial charge in [0.15, 0.2) is 17.9 Å². The number of ether oxygens (including phenoxy) is 1. The molecule has 3 amide bonds. The van der Waals surface area contributed by atoms with Gasteiger partial charge in [0.25, 0.3) is 5.91 Å². The molecule has 1 aromatic carbocycles. The van der Waals surface area contributed by atoms with Crippen molar-refractivity contribution >= 4 is 34.5 Å². The van der Waals surface area contributed by atoms with Crippen LogP contribution >= 0.6 is 0 Å². The third kappa shape index (κ3) is 2.85. The highest BCUT2D eigenvalue weighted by atomic mass is 16.5. The van der Waals surface area contributed by atoms with E-state index in [9.17, 15) is 14.7 Å². The first-order chi connectivity index (χ1) is 13.5. The standard InChI is InChI=1S/C17H19N7O4/c1-23-13-12(15(26)20-17(23)27)24(7-8-28-2)16(19-13)22-21-11-9-5-3-4-6-10(9)18-14(11)25/h3-6,12-13,18,25H,7-8H2,1-2H3,(H,20,26,27). The number of azo groups is 1. The van der Waals surface area contributed by atoms with Gasteiger partial charge < -0.3 is 24.6 Å². The molecule has 0 saturated carbocycles. The second kappa shape index (κ2) is 6.93. The fourth-order valence-corrected chi connectivity index (χ4v) is 3.33. The minimum Gasteiger partial charge on any atom is -0.493 e. The van der Waals surface area contributed by atoms with Crippen LogP contribution in [0.15, 0.2) is 39.5 Å². The average Bonchev–Trinajstić information content (AvgIpc) is 3.20. The molecule has 2 aliphatic heterocycles. The number of carbonyl (C=O) groups is 2. The van der Waals surface area contributed by atoms with Crippen LogP contribution in [0.3, 0.4) is 0 Å². The van der Waals surface area contributed by atoms with Gasteiger partial charge in [-0.2, -0.15) is 0 Å². The van der Waals surface area contributed by atoms with E-state index in [1.807, 2.05) is 18.2 Å². The number of nitrogens with zero attached hydrogens (tertiary/aromatic N) is 5. The molecular formula is C17H19N7O4. The van der Waals surface area contributed by atoms with Gasteiger partial charge in [0.2, 0.25) is 11.8 Å². The number of aromatic amines is 1. The van der Waals surface area contributed by atoms with E-state index in [0.717, 1.165) is 5.52 Å². The molecule has 1 saturated heterocycles. The molecule has 2 atom stereocenters. The molecule has 0 bridgehead atoms. The number of imide groups is 1. The summed E-state index contributed by atoms with van der Waals surface area (Å²) in [6, 6.07) is 6.04. The van der Waals surface area contributed by atoms with Crippen molar-refractivity contribution in [3.63, 3.8) is 0 Å². The Morgan fingerprint density at radius 3 is 2.86 bits per heavy atom. The molecule has 146 valence electrons. The molecule has 28 heavy (non-hydrogen) atoms. The fraction of sp³-hybridized carbons (Fsp3) is 0.353. The van der Waals surface area contributed by atoms with Crippen LogP contribution in [0.5, 0.6) is 5.88 Å². The number of para-hydroxylation sites is 1. The van der Waals surface area contributed by atoms with E-state index in [4.69, 9.17) is 4.74 Å². The number of urea groups is 1. The molecule has 0 aliphatic carbocycles. The maximum absolute atomic E-state index is 12.4. The number of benzene rings is 1. The van der Waals surface area contributed by atoms with Crippen LogP contribution in [-0.2, 0) is 9.53 Å². The monoisotopic (exact) mass is 385 g/mol. The highest BCUT2D eigenvalue weighted by Crippen LogP contribution is 2.35. The normalized spacial score (nSPS) is 22.1. The van der Waals surface area contributed by atoms with Crippen LogP contribution in [0.25, 0.3) is 10.9 Å². The lowest BCUT2D eigenvalue weighted by Crippen LogP contribution is -2.63. The second-order valence-corrected chi connectivity index (χ2v) is 6.45. The first-order valence-electron chi connectivity index (χ1n) is 8.63. The van der Waals surface area contributed by atoms with Crippen molar-refractivity contribution in [1.82, 2.24) is 20.1 Å². The van der Waals surface area contributed by atoms with E-state index >= 15 is 0 Å². The molecule has 2 unspecified atom stereocenters. The van der Waals surface area contributed by atoms with Gasteiger partial charge in [0.05, 0.1) is 12.1 Å². The van der Waals surface area contributed by atoms with Crippen LogP contribution < -0.4 is 5.32 Å². The molecule has 11 heteroatoms.